The van der Waals surface area contributed by atoms with Gasteiger partial charge in [-0.2, -0.15) is 5.10 Å². The molecule has 1 rings (SSSR count). The minimum Gasteiger partial charge on any atom is -0.382 e. The Bertz CT molecular complexity index is 299. The molecule has 0 radical (unpaired) electrons. The van der Waals surface area contributed by atoms with Gasteiger partial charge in [0.2, 0.25) is 0 Å². The molecule has 98 valence electrons. The number of aromatic nitrogens is 2. The van der Waals surface area contributed by atoms with Gasteiger partial charge in [-0.1, -0.05) is 6.92 Å². The largest absolute Gasteiger partial charge is 0.382 e. The molecular weight excluding hydrogens is 214 g/mol. The zero-order chi connectivity index (χ0) is 12.5. The van der Waals surface area contributed by atoms with E-state index < -0.39 is 0 Å². The maximum absolute atomic E-state index is 5.29. The van der Waals surface area contributed by atoms with E-state index in [2.05, 4.69) is 35.0 Å². The van der Waals surface area contributed by atoms with E-state index in [1.807, 2.05) is 13.1 Å². The lowest BCUT2D eigenvalue weighted by molar-refractivity contribution is 0.144. The molecule has 1 atom stereocenters. The van der Waals surface area contributed by atoms with Crippen LogP contribution in [0.4, 0.5) is 0 Å². The van der Waals surface area contributed by atoms with Gasteiger partial charge in [0.15, 0.2) is 0 Å². The maximum atomic E-state index is 5.29. The molecule has 1 aromatic rings. The minimum absolute atomic E-state index is 0.477. The molecule has 0 bridgehead atoms. The summed E-state index contributed by atoms with van der Waals surface area (Å²) in [7, 11) is 0. The first-order valence-corrected chi connectivity index (χ1v) is 6.60. The summed E-state index contributed by atoms with van der Waals surface area (Å²) in [5.74, 6) is 0. The second-order valence-corrected chi connectivity index (χ2v) is 4.25. The van der Waals surface area contributed by atoms with Gasteiger partial charge >= 0.3 is 0 Å². The first-order valence-electron chi connectivity index (χ1n) is 6.60. The zero-order valence-electron chi connectivity index (χ0n) is 11.3. The van der Waals surface area contributed by atoms with Gasteiger partial charge in [0.25, 0.3) is 0 Å². The summed E-state index contributed by atoms with van der Waals surface area (Å²) in [5.41, 5.74) is 1.26. The third-order valence-corrected chi connectivity index (χ3v) is 2.91. The molecule has 0 aliphatic rings. The summed E-state index contributed by atoms with van der Waals surface area (Å²) < 4.78 is 7.40. The van der Waals surface area contributed by atoms with Gasteiger partial charge in [0.05, 0.1) is 5.69 Å². The van der Waals surface area contributed by atoms with Crippen LogP contribution < -0.4 is 5.32 Å². The second kappa shape index (κ2) is 8.25. The Kier molecular flexibility index (Phi) is 6.89. The topological polar surface area (TPSA) is 39.1 Å². The summed E-state index contributed by atoms with van der Waals surface area (Å²) in [6.07, 6.45) is 4.05. The summed E-state index contributed by atoms with van der Waals surface area (Å²) in [4.78, 5) is 0. The molecule has 17 heavy (non-hydrogen) atoms. The lowest BCUT2D eigenvalue weighted by atomic mass is 10.2. The highest BCUT2D eigenvalue weighted by atomic mass is 16.5. The number of hydrogen-bond acceptors (Lipinski definition) is 3. The molecule has 0 aliphatic heterocycles. The molecule has 0 spiro atoms. The van der Waals surface area contributed by atoms with Crippen LogP contribution >= 0.6 is 0 Å². The second-order valence-electron chi connectivity index (χ2n) is 4.25. The van der Waals surface area contributed by atoms with Crippen LogP contribution in [0, 0.1) is 0 Å². The Labute approximate surface area is 104 Å². The molecule has 0 amide bonds. The third kappa shape index (κ3) is 4.88. The fourth-order valence-corrected chi connectivity index (χ4v) is 1.71. The molecule has 1 N–H and O–H groups in total. The number of rotatable bonds is 9. The molecule has 0 saturated heterocycles. The monoisotopic (exact) mass is 239 g/mol. The standard InChI is InChI=1S/C13H25N3O/c1-4-12(3)16-13(7-9-15-16)11-14-8-6-10-17-5-2/h7,9,12,14H,4-6,8,10-11H2,1-3H3/t12-/m1/s1. The average molecular weight is 239 g/mol. The smallest absolute Gasteiger partial charge is 0.0525 e. The Hall–Kier alpha value is -0.870. The Morgan fingerprint density at radius 2 is 2.29 bits per heavy atom. The quantitative estimate of drug-likeness (QED) is 0.672. The summed E-state index contributed by atoms with van der Waals surface area (Å²) in [6.45, 7) is 9.94. The molecule has 1 heterocycles. The van der Waals surface area contributed by atoms with Crippen molar-refractivity contribution in [3.63, 3.8) is 0 Å². The van der Waals surface area contributed by atoms with Crippen molar-refractivity contribution in [3.05, 3.63) is 18.0 Å². The van der Waals surface area contributed by atoms with Crippen LogP contribution in [0.5, 0.6) is 0 Å². The van der Waals surface area contributed by atoms with Crippen LogP contribution in [0.3, 0.4) is 0 Å². The van der Waals surface area contributed by atoms with Crippen LogP contribution in [0.25, 0.3) is 0 Å². The van der Waals surface area contributed by atoms with Crippen molar-refractivity contribution in [2.24, 2.45) is 0 Å². The van der Waals surface area contributed by atoms with Gasteiger partial charge in [-0.3, -0.25) is 4.68 Å². The molecule has 0 unspecified atom stereocenters. The van der Waals surface area contributed by atoms with Crippen LogP contribution in [0.1, 0.15) is 45.3 Å². The molecule has 0 saturated carbocycles. The van der Waals surface area contributed by atoms with Gasteiger partial charge < -0.3 is 10.1 Å². The predicted octanol–water partition coefficient (Wildman–Crippen LogP) is 2.37. The van der Waals surface area contributed by atoms with Crippen LogP contribution in [0.2, 0.25) is 0 Å². The highest BCUT2D eigenvalue weighted by Crippen LogP contribution is 2.11. The number of ether oxygens (including phenoxy) is 1. The Morgan fingerprint density at radius 1 is 1.47 bits per heavy atom. The lowest BCUT2D eigenvalue weighted by Gasteiger charge is -2.14. The van der Waals surface area contributed by atoms with Crippen molar-refractivity contribution in [3.8, 4) is 0 Å². The van der Waals surface area contributed by atoms with E-state index in [1.165, 1.54) is 5.69 Å². The molecule has 1 aromatic heterocycles. The highest BCUT2D eigenvalue weighted by Gasteiger charge is 2.07. The molecular formula is C13H25N3O. The van der Waals surface area contributed by atoms with Crippen LogP contribution in [0.15, 0.2) is 12.3 Å². The van der Waals surface area contributed by atoms with Crippen LogP contribution in [-0.4, -0.2) is 29.5 Å². The first-order chi connectivity index (χ1) is 8.29. The molecule has 0 aliphatic carbocycles. The van der Waals surface area contributed by atoms with Crippen molar-refractivity contribution < 1.29 is 4.74 Å². The summed E-state index contributed by atoms with van der Waals surface area (Å²) in [6, 6.07) is 2.56. The van der Waals surface area contributed by atoms with E-state index in [0.29, 0.717) is 6.04 Å². The van der Waals surface area contributed by atoms with Crippen molar-refractivity contribution in [1.29, 1.82) is 0 Å². The Balaban J connectivity index is 2.24. The van der Waals surface area contributed by atoms with Gasteiger partial charge in [-0.25, -0.2) is 0 Å². The van der Waals surface area contributed by atoms with Gasteiger partial charge in [-0.15, -0.1) is 0 Å². The minimum atomic E-state index is 0.477. The first kappa shape index (κ1) is 14.2. The normalized spacial score (nSPS) is 12.9. The molecule has 0 fully saturated rings. The van der Waals surface area contributed by atoms with Crippen LogP contribution in [-0.2, 0) is 11.3 Å². The van der Waals surface area contributed by atoms with E-state index in [0.717, 1.165) is 39.1 Å². The van der Waals surface area contributed by atoms with E-state index in [1.54, 1.807) is 0 Å². The predicted molar refractivity (Wildman–Crippen MR) is 70.0 cm³/mol. The van der Waals surface area contributed by atoms with Crippen molar-refractivity contribution in [2.45, 2.75) is 46.2 Å². The fourth-order valence-electron chi connectivity index (χ4n) is 1.71. The Morgan fingerprint density at radius 3 is 3.00 bits per heavy atom. The van der Waals surface area contributed by atoms with Crippen molar-refractivity contribution in [2.75, 3.05) is 19.8 Å². The van der Waals surface area contributed by atoms with Gasteiger partial charge in [0.1, 0.15) is 0 Å². The SMILES string of the molecule is CCOCCCNCc1ccnn1[C@H](C)CC. The van der Waals surface area contributed by atoms with E-state index in [9.17, 15) is 0 Å². The lowest BCUT2D eigenvalue weighted by Crippen LogP contribution is -2.20. The van der Waals surface area contributed by atoms with Gasteiger partial charge in [0, 0.05) is 32.0 Å². The number of hydrogen-bond donors (Lipinski definition) is 1. The molecule has 4 nitrogen and oxygen atoms in total. The van der Waals surface area contributed by atoms with E-state index >= 15 is 0 Å². The number of nitrogens with zero attached hydrogens (tertiary/aromatic N) is 2. The third-order valence-electron chi connectivity index (χ3n) is 2.91. The highest BCUT2D eigenvalue weighted by molar-refractivity contribution is 5.01. The molecule has 0 aromatic carbocycles. The van der Waals surface area contributed by atoms with Crippen molar-refractivity contribution >= 4 is 0 Å². The maximum Gasteiger partial charge on any atom is 0.0525 e. The number of nitrogens with one attached hydrogen (secondary N) is 1. The van der Waals surface area contributed by atoms with E-state index in [4.69, 9.17) is 4.74 Å². The van der Waals surface area contributed by atoms with Crippen molar-refractivity contribution in [1.82, 2.24) is 15.1 Å². The fraction of sp³-hybridized carbons (Fsp3) is 0.769. The summed E-state index contributed by atoms with van der Waals surface area (Å²) in [5, 5.41) is 7.79. The van der Waals surface area contributed by atoms with Gasteiger partial charge in [-0.05, 0) is 39.3 Å². The zero-order valence-corrected chi connectivity index (χ0v) is 11.3. The average Bonchev–Trinajstić information content (AvgIpc) is 2.81. The van der Waals surface area contributed by atoms with E-state index in [-0.39, 0.29) is 0 Å². The molecule has 4 heteroatoms. The summed E-state index contributed by atoms with van der Waals surface area (Å²) >= 11 is 0.